The second-order valence-corrected chi connectivity index (χ2v) is 11.7. The van der Waals surface area contributed by atoms with Gasteiger partial charge in [-0.25, -0.2) is 4.79 Å². The summed E-state index contributed by atoms with van der Waals surface area (Å²) in [6.45, 7) is 4.50. The van der Waals surface area contributed by atoms with Gasteiger partial charge in [-0.3, -0.25) is 19.7 Å². The van der Waals surface area contributed by atoms with Crippen molar-refractivity contribution in [2.45, 2.75) is 51.0 Å². The lowest BCUT2D eigenvalue weighted by atomic mass is 9.91. The van der Waals surface area contributed by atoms with Crippen molar-refractivity contribution in [2.24, 2.45) is 0 Å². The molecule has 1 aliphatic heterocycles. The summed E-state index contributed by atoms with van der Waals surface area (Å²) in [5, 5.41) is 28.5. The van der Waals surface area contributed by atoms with Gasteiger partial charge in [0.05, 0.1) is 11.5 Å². The van der Waals surface area contributed by atoms with Gasteiger partial charge in [0.1, 0.15) is 23.0 Å². The molecule has 4 rings (SSSR count). The second kappa shape index (κ2) is 12.3. The molecular formula is C30H30BrN3O8. The van der Waals surface area contributed by atoms with Gasteiger partial charge in [0.2, 0.25) is 11.7 Å². The summed E-state index contributed by atoms with van der Waals surface area (Å²) >= 11 is 3.33. The summed E-state index contributed by atoms with van der Waals surface area (Å²) < 4.78 is 11.8. The van der Waals surface area contributed by atoms with Crippen LogP contribution < -0.4 is 15.4 Å². The minimum atomic E-state index is -2.20. The number of hydrogen-bond acceptors (Lipinski definition) is 8. The number of ketones is 1. The normalized spacial score (nSPS) is 16.5. The first kappa shape index (κ1) is 30.7. The van der Waals surface area contributed by atoms with Gasteiger partial charge < -0.3 is 25.2 Å². The SMILES string of the molecule is CC(C)(C)OC(=O)N[C@@H](Cc1ccccc1)C(=O)NCC(=O)c1cccc([N+](=O)[O-])c1C1(O)Cc2ccc(Br)cc2O1. The number of carbonyl (C=O) groups excluding carboxylic acids is 3. The van der Waals surface area contributed by atoms with Crippen LogP contribution in [-0.4, -0.2) is 46.0 Å². The summed E-state index contributed by atoms with van der Waals surface area (Å²) in [5.41, 5.74) is -0.442. The number of halogens is 1. The van der Waals surface area contributed by atoms with Crippen LogP contribution in [0.25, 0.3) is 0 Å². The average molecular weight is 640 g/mol. The van der Waals surface area contributed by atoms with Crippen LogP contribution in [0, 0.1) is 10.1 Å². The molecule has 0 aromatic heterocycles. The van der Waals surface area contributed by atoms with E-state index in [-0.39, 0.29) is 24.0 Å². The Morgan fingerprint density at radius 2 is 1.83 bits per heavy atom. The highest BCUT2D eigenvalue weighted by Gasteiger charge is 2.46. The maximum Gasteiger partial charge on any atom is 0.408 e. The number of hydrogen-bond donors (Lipinski definition) is 3. The van der Waals surface area contributed by atoms with Crippen LogP contribution in [0.1, 0.15) is 47.8 Å². The van der Waals surface area contributed by atoms with E-state index in [0.717, 1.165) is 5.56 Å². The van der Waals surface area contributed by atoms with Crippen molar-refractivity contribution in [1.82, 2.24) is 10.6 Å². The number of alkyl carbamates (subject to hydrolysis) is 1. The highest BCUT2D eigenvalue weighted by molar-refractivity contribution is 9.10. The molecule has 220 valence electrons. The predicted molar refractivity (Wildman–Crippen MR) is 156 cm³/mol. The average Bonchev–Trinajstić information content (AvgIpc) is 3.26. The molecular weight excluding hydrogens is 610 g/mol. The third kappa shape index (κ3) is 7.31. The molecule has 0 spiro atoms. The van der Waals surface area contributed by atoms with E-state index in [4.69, 9.17) is 9.47 Å². The van der Waals surface area contributed by atoms with Crippen molar-refractivity contribution in [3.8, 4) is 5.75 Å². The summed E-state index contributed by atoms with van der Waals surface area (Å²) in [5.74, 6) is -3.26. The first-order chi connectivity index (χ1) is 19.8. The van der Waals surface area contributed by atoms with Crippen molar-refractivity contribution in [1.29, 1.82) is 0 Å². The monoisotopic (exact) mass is 639 g/mol. The van der Waals surface area contributed by atoms with E-state index in [2.05, 4.69) is 26.6 Å². The second-order valence-electron chi connectivity index (χ2n) is 10.8. The predicted octanol–water partition coefficient (Wildman–Crippen LogP) is 4.57. The number of rotatable bonds is 9. The van der Waals surface area contributed by atoms with E-state index in [1.165, 1.54) is 18.2 Å². The quantitative estimate of drug-likeness (QED) is 0.174. The molecule has 3 aromatic carbocycles. The van der Waals surface area contributed by atoms with Crippen LogP contribution in [0.15, 0.2) is 71.2 Å². The number of Topliss-reactive ketones (excluding diaryl/α,β-unsaturated/α-hetero) is 1. The zero-order valence-corrected chi connectivity index (χ0v) is 24.8. The van der Waals surface area contributed by atoms with Crippen LogP contribution >= 0.6 is 15.9 Å². The number of carbonyl (C=O) groups is 3. The molecule has 1 heterocycles. The molecule has 2 atom stereocenters. The molecule has 3 N–H and O–H groups in total. The molecule has 0 saturated heterocycles. The highest BCUT2D eigenvalue weighted by atomic mass is 79.9. The van der Waals surface area contributed by atoms with Crippen LogP contribution in [0.4, 0.5) is 10.5 Å². The van der Waals surface area contributed by atoms with Crippen LogP contribution in [-0.2, 0) is 28.2 Å². The number of nitrogens with zero attached hydrogens (tertiary/aromatic N) is 1. The van der Waals surface area contributed by atoms with Crippen LogP contribution in [0.5, 0.6) is 5.75 Å². The topological polar surface area (TPSA) is 157 Å². The molecule has 0 bridgehead atoms. The number of nitrogens with one attached hydrogen (secondary N) is 2. The lowest BCUT2D eigenvalue weighted by Crippen LogP contribution is -2.50. The van der Waals surface area contributed by atoms with Crippen molar-refractivity contribution < 1.29 is 33.9 Å². The molecule has 0 radical (unpaired) electrons. The molecule has 1 unspecified atom stereocenters. The number of ether oxygens (including phenoxy) is 2. The summed E-state index contributed by atoms with van der Waals surface area (Å²) in [6, 6.07) is 16.8. The number of nitro groups is 1. The maximum atomic E-state index is 13.4. The third-order valence-electron chi connectivity index (χ3n) is 6.38. The number of fused-ring (bicyclic) bond motifs is 1. The molecule has 0 fully saturated rings. The van der Waals surface area contributed by atoms with Crippen LogP contribution in [0.2, 0.25) is 0 Å². The molecule has 0 saturated carbocycles. The fourth-order valence-corrected chi connectivity index (χ4v) is 4.95. The molecule has 0 aliphatic carbocycles. The first-order valence-corrected chi connectivity index (χ1v) is 13.9. The Morgan fingerprint density at radius 1 is 1.12 bits per heavy atom. The standard InChI is InChI=1S/C30H30BrN3O8/c1-29(2,3)42-28(37)33-22(14-18-8-5-4-6-9-18)27(36)32-17-24(35)21-10-7-11-23(34(39)40)26(21)30(38)16-19-12-13-20(31)15-25(19)41-30/h4-13,15,22,38H,14,16-17H2,1-3H3,(H,32,36)(H,33,37)/t22-,30?/m0/s1. The zero-order chi connectivity index (χ0) is 30.7. The molecule has 3 aromatic rings. The van der Waals surface area contributed by atoms with Gasteiger partial charge in [0.15, 0.2) is 5.78 Å². The first-order valence-electron chi connectivity index (χ1n) is 13.1. The lowest BCUT2D eigenvalue weighted by molar-refractivity contribution is -0.387. The number of aliphatic hydroxyl groups is 1. The van der Waals surface area contributed by atoms with Gasteiger partial charge in [-0.05, 0) is 38.5 Å². The smallest absolute Gasteiger partial charge is 0.408 e. The number of amides is 2. The van der Waals surface area contributed by atoms with Gasteiger partial charge in [0, 0.05) is 34.5 Å². The molecule has 12 heteroatoms. The Balaban J connectivity index is 1.57. The van der Waals surface area contributed by atoms with Gasteiger partial charge >= 0.3 is 6.09 Å². The summed E-state index contributed by atoms with van der Waals surface area (Å²) in [6.07, 6.45) is -0.826. The van der Waals surface area contributed by atoms with E-state index in [1.807, 2.05) is 6.07 Å². The van der Waals surface area contributed by atoms with Gasteiger partial charge in [-0.2, -0.15) is 0 Å². The minimum absolute atomic E-state index is 0.115. The Morgan fingerprint density at radius 3 is 2.50 bits per heavy atom. The van der Waals surface area contributed by atoms with Gasteiger partial charge in [-0.15, -0.1) is 0 Å². The molecule has 2 amide bonds. The van der Waals surface area contributed by atoms with Crippen LogP contribution in [0.3, 0.4) is 0 Å². The van der Waals surface area contributed by atoms with E-state index in [9.17, 15) is 29.6 Å². The molecule has 11 nitrogen and oxygen atoms in total. The van der Waals surface area contributed by atoms with E-state index in [0.29, 0.717) is 15.8 Å². The maximum absolute atomic E-state index is 13.4. The Labute approximate surface area is 250 Å². The number of nitro benzene ring substituents is 1. The fraction of sp³-hybridized carbons (Fsp3) is 0.300. The molecule has 1 aliphatic rings. The summed E-state index contributed by atoms with van der Waals surface area (Å²) in [7, 11) is 0. The van der Waals surface area contributed by atoms with Crippen molar-refractivity contribution in [3.05, 3.63) is 104 Å². The van der Waals surface area contributed by atoms with Gasteiger partial charge in [0.25, 0.3) is 5.69 Å². The van der Waals surface area contributed by atoms with E-state index >= 15 is 0 Å². The van der Waals surface area contributed by atoms with Crippen molar-refractivity contribution in [3.63, 3.8) is 0 Å². The lowest BCUT2D eigenvalue weighted by Gasteiger charge is -2.25. The summed E-state index contributed by atoms with van der Waals surface area (Å²) in [4.78, 5) is 50.4. The fourth-order valence-electron chi connectivity index (χ4n) is 4.61. The van der Waals surface area contributed by atoms with Crippen molar-refractivity contribution in [2.75, 3.05) is 6.54 Å². The number of benzene rings is 3. The van der Waals surface area contributed by atoms with Gasteiger partial charge in [-0.1, -0.05) is 64.5 Å². The Kier molecular flexibility index (Phi) is 8.97. The van der Waals surface area contributed by atoms with E-state index in [1.54, 1.807) is 63.2 Å². The third-order valence-corrected chi connectivity index (χ3v) is 6.87. The van der Waals surface area contributed by atoms with E-state index < -0.39 is 52.4 Å². The zero-order valence-electron chi connectivity index (χ0n) is 23.2. The molecule has 42 heavy (non-hydrogen) atoms. The largest absolute Gasteiger partial charge is 0.457 e. The Bertz CT molecular complexity index is 1520. The van der Waals surface area contributed by atoms with Crippen molar-refractivity contribution >= 4 is 39.4 Å². The minimum Gasteiger partial charge on any atom is -0.457 e. The Hall–Kier alpha value is -4.29. The highest BCUT2D eigenvalue weighted by Crippen LogP contribution is 2.44.